The van der Waals surface area contributed by atoms with E-state index in [0.29, 0.717) is 34.9 Å². The molecule has 12 heterocycles. The molecule has 12 aromatic heterocycles. The van der Waals surface area contributed by atoms with E-state index >= 15 is 0 Å². The second kappa shape index (κ2) is 48.0. The summed E-state index contributed by atoms with van der Waals surface area (Å²) in [4.78, 5) is 81.7. The number of aryl methyl sites for hydroxylation is 4. The average Bonchev–Trinajstić information content (AvgIpc) is 0.745. The van der Waals surface area contributed by atoms with Crippen molar-refractivity contribution in [2.24, 2.45) is 0 Å². The lowest BCUT2D eigenvalue weighted by molar-refractivity contribution is 0.415. The Morgan fingerprint density at radius 3 is 0.669 bits per heavy atom. The van der Waals surface area contributed by atoms with Gasteiger partial charge in [-0.3, -0.25) is 29.9 Å². The number of rotatable bonds is 18. The van der Waals surface area contributed by atoms with E-state index in [1.807, 2.05) is 221 Å². The van der Waals surface area contributed by atoms with Crippen molar-refractivity contribution in [3.63, 3.8) is 0 Å². The Morgan fingerprint density at radius 1 is 0.196 bits per heavy atom. The number of aromatic nitrogens is 18. The molecule has 18 rings (SSSR count). The van der Waals surface area contributed by atoms with Crippen LogP contribution in [0.3, 0.4) is 0 Å². The molecule has 0 saturated heterocycles. The van der Waals surface area contributed by atoms with E-state index in [-0.39, 0.29) is 32.5 Å². The van der Waals surface area contributed by atoms with Crippen LogP contribution in [0.5, 0.6) is 34.5 Å². The number of para-hydroxylation sites is 2. The molecule has 6 aromatic carbocycles. The number of methoxy groups -OCH3 is 6. The van der Waals surface area contributed by atoms with Gasteiger partial charge in [0, 0.05) is 139 Å². The molecular weight excluding hydrogens is 1840 g/mol. The molecule has 148 heavy (non-hydrogen) atoms. The van der Waals surface area contributed by atoms with Crippen LogP contribution in [0.1, 0.15) is 249 Å². The fourth-order valence-corrected chi connectivity index (χ4v) is 16.5. The second-order valence-electron chi connectivity index (χ2n) is 41.8. The summed E-state index contributed by atoms with van der Waals surface area (Å²) in [6, 6.07) is 51.9. The van der Waals surface area contributed by atoms with Gasteiger partial charge < -0.3 is 28.4 Å². The number of ether oxygens (including phenoxy) is 6. The lowest BCUT2D eigenvalue weighted by Gasteiger charge is -2.21. The van der Waals surface area contributed by atoms with E-state index < -0.39 is 0 Å². The molecule has 0 aliphatic rings. The predicted octanol–water partition coefficient (Wildman–Crippen LogP) is 28.2. The molecule has 24 heteroatoms. The van der Waals surface area contributed by atoms with Crippen LogP contribution < -0.4 is 28.4 Å². The third kappa shape index (κ3) is 28.2. The summed E-state index contributed by atoms with van der Waals surface area (Å²) in [6.45, 7) is 47.1. The number of hydrogen-bond donors (Lipinski definition) is 0. The smallest absolute Gasteiger partial charge is 0.153 e. The second-order valence-corrected chi connectivity index (χ2v) is 41.8. The molecular formula is C124H134N18O6. The van der Waals surface area contributed by atoms with Gasteiger partial charge in [0.2, 0.25) is 0 Å². The molecule has 0 aliphatic heterocycles. The van der Waals surface area contributed by atoms with E-state index in [0.717, 1.165) is 190 Å². The third-order valence-electron chi connectivity index (χ3n) is 23.6. The van der Waals surface area contributed by atoms with Crippen LogP contribution in [0, 0.1) is 27.7 Å². The zero-order valence-electron chi connectivity index (χ0n) is 90.4. The quantitative estimate of drug-likeness (QED) is 0.0771. The first-order valence-electron chi connectivity index (χ1n) is 49.2. The zero-order valence-corrected chi connectivity index (χ0v) is 90.4. The van der Waals surface area contributed by atoms with Crippen LogP contribution in [-0.4, -0.2) is 132 Å². The molecule has 24 nitrogen and oxygen atoms in total. The highest BCUT2D eigenvalue weighted by atomic mass is 16.5. The van der Waals surface area contributed by atoms with E-state index in [2.05, 4.69) is 211 Å². The number of hydrogen-bond acceptors (Lipinski definition) is 24. The van der Waals surface area contributed by atoms with Crippen molar-refractivity contribution in [2.75, 3.05) is 42.7 Å². The fraction of sp³-hybridized carbons (Fsp3) is 0.274. The van der Waals surface area contributed by atoms with Gasteiger partial charge in [0.15, 0.2) is 34.9 Å². The van der Waals surface area contributed by atoms with E-state index in [4.69, 9.17) is 88.2 Å². The zero-order chi connectivity index (χ0) is 106. The molecule has 0 saturated carbocycles. The minimum Gasteiger partial charge on any atom is -0.494 e. The first-order valence-corrected chi connectivity index (χ1v) is 49.2. The van der Waals surface area contributed by atoms with Crippen molar-refractivity contribution >= 4 is 138 Å². The summed E-state index contributed by atoms with van der Waals surface area (Å²) in [5.74, 6) is 8.74. The predicted molar refractivity (Wildman–Crippen MR) is 607 cm³/mol. The van der Waals surface area contributed by atoms with Crippen LogP contribution in [0.2, 0.25) is 0 Å². The van der Waals surface area contributed by atoms with Gasteiger partial charge >= 0.3 is 0 Å². The molecule has 18 aromatic rings. The van der Waals surface area contributed by atoms with Crippen LogP contribution in [0.15, 0.2) is 232 Å². The largest absolute Gasteiger partial charge is 0.494 e. The van der Waals surface area contributed by atoms with Gasteiger partial charge in [0.25, 0.3) is 0 Å². The lowest BCUT2D eigenvalue weighted by Crippen LogP contribution is -2.16. The Kier molecular flexibility index (Phi) is 35.3. The van der Waals surface area contributed by atoms with Crippen LogP contribution in [0.25, 0.3) is 138 Å². The Balaban J connectivity index is 0.000000148. The van der Waals surface area contributed by atoms with E-state index in [1.165, 1.54) is 0 Å². The van der Waals surface area contributed by atoms with Crippen LogP contribution in [0.4, 0.5) is 0 Å². The number of pyridine rings is 6. The van der Waals surface area contributed by atoms with Gasteiger partial charge in [0.1, 0.15) is 67.6 Å². The third-order valence-corrected chi connectivity index (χ3v) is 23.6. The normalized spacial score (nSPS) is 12.0. The Labute approximate surface area is 869 Å². The minimum atomic E-state index is -0.100. The average molecular weight is 1970 g/mol. The Hall–Kier alpha value is -16.5. The summed E-state index contributed by atoms with van der Waals surface area (Å²) >= 11 is 0. The molecule has 0 bridgehead atoms. The highest BCUT2D eigenvalue weighted by Gasteiger charge is 2.29. The molecule has 756 valence electrons. The SMILES string of the molecule is COc1c(C)ccc2c(C(C)(C)C)nc(/C=C/c3cccnc3)nc12.COc1c(C)ccc2c(C(C)(C)C)nc(/C=C/c3ccncc3)nc12.COc1cc(C)cc2c(C(C)(C)C)nc(/C=C/c3cccnc3)nc12.COc1cc(C)cc2c(C(C)(C)C)nc(/C=C/c3ccncc3)nc12.COc1cccc2c(C(C)(C)C)nc(/C=C/c3cccnc3)nc12.COc1cccc2c(C(C)(C)C)nc(/C=C/c3ccncc3)nc12. The summed E-state index contributed by atoms with van der Waals surface area (Å²) in [6.07, 6.45) is 44.8. The van der Waals surface area contributed by atoms with Crippen LogP contribution >= 0.6 is 0 Å². The molecule has 0 radical (unpaired) electrons. The lowest BCUT2D eigenvalue weighted by atomic mass is 9.88. The summed E-state index contributed by atoms with van der Waals surface area (Å²) < 4.78 is 33.4. The first-order chi connectivity index (χ1) is 70.5. The van der Waals surface area contributed by atoms with Gasteiger partial charge in [-0.05, 0) is 229 Å². The van der Waals surface area contributed by atoms with Crippen molar-refractivity contribution in [1.82, 2.24) is 89.7 Å². The van der Waals surface area contributed by atoms with Gasteiger partial charge in [-0.25, -0.2) is 59.8 Å². The summed E-state index contributed by atoms with van der Waals surface area (Å²) in [7, 11) is 10.1. The number of fused-ring (bicyclic) bond motifs is 6. The molecule has 0 atom stereocenters. The monoisotopic (exact) mass is 1970 g/mol. The highest BCUT2D eigenvalue weighted by molar-refractivity contribution is 5.95. The maximum Gasteiger partial charge on any atom is 0.153 e. The van der Waals surface area contributed by atoms with Crippen LogP contribution in [-0.2, 0) is 32.5 Å². The molecule has 0 N–H and O–H groups in total. The molecule has 0 fully saturated rings. The van der Waals surface area contributed by atoms with Gasteiger partial charge in [-0.2, -0.15) is 0 Å². The molecule has 0 amide bonds. The molecule has 0 aliphatic carbocycles. The number of benzene rings is 6. The van der Waals surface area contributed by atoms with E-state index in [1.54, 1.807) is 98.4 Å². The fourth-order valence-electron chi connectivity index (χ4n) is 16.5. The molecule has 0 spiro atoms. The Bertz CT molecular complexity index is 7400. The maximum atomic E-state index is 5.62. The topological polar surface area (TPSA) is 287 Å². The summed E-state index contributed by atoms with van der Waals surface area (Å²) in [5, 5.41) is 6.22. The van der Waals surface area contributed by atoms with Gasteiger partial charge in [0.05, 0.1) is 76.8 Å². The number of nitrogens with zero attached hydrogens (tertiary/aromatic N) is 18. The van der Waals surface area contributed by atoms with Crippen molar-refractivity contribution in [1.29, 1.82) is 0 Å². The minimum absolute atomic E-state index is 0.0905. The van der Waals surface area contributed by atoms with Crippen molar-refractivity contribution in [2.45, 2.75) is 185 Å². The first kappa shape index (κ1) is 109. The van der Waals surface area contributed by atoms with Crippen molar-refractivity contribution in [3.8, 4) is 34.5 Å². The molecule has 0 unspecified atom stereocenters. The Morgan fingerprint density at radius 2 is 0.432 bits per heavy atom. The van der Waals surface area contributed by atoms with Crippen molar-refractivity contribution < 1.29 is 28.4 Å². The van der Waals surface area contributed by atoms with Crippen molar-refractivity contribution in [3.05, 3.63) is 357 Å². The summed E-state index contributed by atoms with van der Waals surface area (Å²) in [5.41, 5.74) is 21.2. The highest BCUT2D eigenvalue weighted by Crippen LogP contribution is 2.42. The standard InChI is InChI=1S/4C21H23N3O.2C20H21N3O/c1-14-6-8-16-18(19(14)25-5)23-17(24-20(16)21(2,3)4)9-7-15-10-12-22-13-11-15;1-14-12-16-19(17(13-14)25-5)23-18(24-20(16)21(2,3)4)7-6-15-8-10-22-11-9-15;1-14-8-10-16-18(19(14)25-5)23-17(24-20(16)21(2,3)4)11-9-15-7-6-12-22-13-15;1-14-11-16-19(17(12-14)25-5)23-18(24-20(16)21(2,3)4)9-8-15-7-6-10-22-13-15;1-20(2,3)19-15-8-5-9-16(24-4)18(15)22-17(23-19)11-10-14-7-6-12-21-13-14;1-20(2,3)19-15-6-5-7-16(24-4)18(15)22-17(23-19)9-8-14-10-12-21-13-11-14/h4*6-13H,1-5H3;2*5-13H,1-4H3/b9-7+;7-6+;11-9+;9-8+;11-10+;9-8+. The maximum absolute atomic E-state index is 5.62. The van der Waals surface area contributed by atoms with Gasteiger partial charge in [-0.1, -0.05) is 210 Å². The van der Waals surface area contributed by atoms with Gasteiger partial charge in [-0.15, -0.1) is 0 Å². The van der Waals surface area contributed by atoms with E-state index in [9.17, 15) is 0 Å².